The zero-order valence-electron chi connectivity index (χ0n) is 15.3. The number of thioether (sulfide) groups is 1. The van der Waals surface area contributed by atoms with Crippen LogP contribution in [-0.2, 0) is 28.5 Å². The number of hydrogen-bond donors (Lipinski definition) is 0. The highest BCUT2D eigenvalue weighted by atomic mass is 32.2. The van der Waals surface area contributed by atoms with Gasteiger partial charge < -0.3 is 14.2 Å². The summed E-state index contributed by atoms with van der Waals surface area (Å²) in [6.45, 7) is 1.85. The monoisotopic (exact) mass is 417 g/mol. The minimum atomic E-state index is -3.66. The van der Waals surface area contributed by atoms with Crippen LogP contribution in [0.2, 0.25) is 0 Å². The molecule has 5 atom stereocenters. The molecule has 0 bridgehead atoms. The Kier molecular flexibility index (Phi) is 8.36. The van der Waals surface area contributed by atoms with Gasteiger partial charge in [-0.1, -0.05) is 35.4 Å². The normalized spacial score (nSPS) is 25.4. The molecule has 0 saturated carbocycles. The molecule has 0 radical (unpaired) electrons. The number of rotatable bonds is 9. The molecule has 0 spiro atoms. The first-order chi connectivity index (χ1) is 12.8. The lowest BCUT2D eigenvalue weighted by atomic mass is 10.1. The van der Waals surface area contributed by atoms with Crippen molar-refractivity contribution in [2.24, 2.45) is 5.11 Å². The zero-order chi connectivity index (χ0) is 19.9. The highest BCUT2D eigenvalue weighted by molar-refractivity contribution is 7.99. The van der Waals surface area contributed by atoms with Gasteiger partial charge in [0.25, 0.3) is 10.1 Å². The Hall–Kier alpha value is -1.33. The molecule has 1 aliphatic heterocycles. The van der Waals surface area contributed by atoms with Crippen molar-refractivity contribution in [2.75, 3.05) is 25.7 Å². The van der Waals surface area contributed by atoms with Crippen LogP contribution in [0.3, 0.4) is 0 Å². The third kappa shape index (κ3) is 6.96. The molecule has 1 heterocycles. The molecule has 27 heavy (non-hydrogen) atoms. The number of hydrogen-bond acceptors (Lipinski definition) is 8. The Morgan fingerprint density at radius 2 is 2.11 bits per heavy atom. The summed E-state index contributed by atoms with van der Waals surface area (Å²) in [5.74, 6) is 0. The lowest BCUT2D eigenvalue weighted by molar-refractivity contribution is -0.263. The summed E-state index contributed by atoms with van der Waals surface area (Å²) in [6.07, 6.45) is 1.55. The lowest BCUT2D eigenvalue weighted by Gasteiger charge is -2.37. The minimum absolute atomic E-state index is 0.277. The highest BCUT2D eigenvalue weighted by Crippen LogP contribution is 2.30. The Balaban J connectivity index is 1.99. The molecule has 1 aromatic carbocycles. The second-order valence-electron chi connectivity index (χ2n) is 5.96. The summed E-state index contributed by atoms with van der Waals surface area (Å²) in [5.41, 5.74) is 9.07. The molecular formula is C16H23N3O6S2. The van der Waals surface area contributed by atoms with E-state index in [0.29, 0.717) is 0 Å². The number of ether oxygens (including phenoxy) is 3. The molecule has 1 aromatic rings. The van der Waals surface area contributed by atoms with Crippen molar-refractivity contribution in [1.82, 2.24) is 0 Å². The molecule has 0 N–H and O–H groups in total. The van der Waals surface area contributed by atoms with Gasteiger partial charge in [-0.2, -0.15) is 8.42 Å². The predicted molar refractivity (Wildman–Crippen MR) is 102 cm³/mol. The van der Waals surface area contributed by atoms with Crippen LogP contribution < -0.4 is 0 Å². The van der Waals surface area contributed by atoms with E-state index in [4.69, 9.17) is 23.9 Å². The van der Waals surface area contributed by atoms with Crippen LogP contribution in [0.15, 0.2) is 35.4 Å². The predicted octanol–water partition coefficient (Wildman–Crippen LogP) is 2.85. The summed E-state index contributed by atoms with van der Waals surface area (Å²) >= 11 is 1.29. The summed E-state index contributed by atoms with van der Waals surface area (Å²) in [4.78, 5) is 2.76. The quantitative estimate of drug-likeness (QED) is 0.199. The second kappa shape index (κ2) is 10.3. The Morgan fingerprint density at radius 3 is 2.67 bits per heavy atom. The molecule has 0 aromatic heterocycles. The van der Waals surface area contributed by atoms with Gasteiger partial charge >= 0.3 is 0 Å². The van der Waals surface area contributed by atoms with E-state index >= 15 is 0 Å². The standard InChI is InChI=1S/C16H23N3O6S2/c1-11-14(10-22-15(24-11)12-7-5-4-6-8-12)25-16(26-2)13(18-19-17)9-23-27(3,20)21/h4-8,11,13-16H,9-10H2,1-3H3/t11-,13-,14?,15?,16-/m0/s1. The summed E-state index contributed by atoms with van der Waals surface area (Å²) in [5, 5.41) is 3.62. The van der Waals surface area contributed by atoms with E-state index in [1.807, 2.05) is 37.3 Å². The number of azide groups is 1. The molecule has 11 heteroatoms. The lowest BCUT2D eigenvalue weighted by Crippen LogP contribution is -2.44. The Bertz CT molecular complexity index is 742. The van der Waals surface area contributed by atoms with Crippen LogP contribution in [0, 0.1) is 0 Å². The van der Waals surface area contributed by atoms with Crippen LogP contribution in [-0.4, -0.2) is 57.8 Å². The van der Waals surface area contributed by atoms with E-state index < -0.39 is 34.0 Å². The summed E-state index contributed by atoms with van der Waals surface area (Å²) < 4.78 is 44.9. The maximum absolute atomic E-state index is 11.2. The van der Waals surface area contributed by atoms with Crippen molar-refractivity contribution >= 4 is 21.9 Å². The van der Waals surface area contributed by atoms with Gasteiger partial charge in [-0.3, -0.25) is 4.18 Å². The van der Waals surface area contributed by atoms with Gasteiger partial charge in [0.2, 0.25) is 0 Å². The van der Waals surface area contributed by atoms with Gasteiger partial charge in [-0.05, 0) is 18.7 Å². The fraction of sp³-hybridized carbons (Fsp3) is 0.625. The van der Waals surface area contributed by atoms with Crippen LogP contribution in [0.1, 0.15) is 18.8 Å². The average molecular weight is 418 g/mol. The maximum atomic E-state index is 11.2. The first-order valence-electron chi connectivity index (χ1n) is 8.23. The van der Waals surface area contributed by atoms with E-state index in [9.17, 15) is 8.42 Å². The smallest absolute Gasteiger partial charge is 0.264 e. The van der Waals surface area contributed by atoms with Crippen molar-refractivity contribution in [1.29, 1.82) is 0 Å². The SMILES string of the molecule is CS[C@H](OC1COC(c2ccccc2)O[C@H]1C)[C@H](COS(C)(=O)=O)N=[N+]=[N-]. The van der Waals surface area contributed by atoms with E-state index in [1.54, 1.807) is 6.26 Å². The van der Waals surface area contributed by atoms with Gasteiger partial charge in [0.1, 0.15) is 11.5 Å². The Labute approximate surface area is 163 Å². The summed E-state index contributed by atoms with van der Waals surface area (Å²) in [7, 11) is -3.66. The van der Waals surface area contributed by atoms with E-state index in [-0.39, 0.29) is 19.3 Å². The van der Waals surface area contributed by atoms with Crippen molar-refractivity contribution in [3.8, 4) is 0 Å². The summed E-state index contributed by atoms with van der Waals surface area (Å²) in [6, 6.07) is 8.75. The second-order valence-corrected chi connectivity index (χ2v) is 8.54. The topological polar surface area (TPSA) is 120 Å². The van der Waals surface area contributed by atoms with Crippen LogP contribution in [0.5, 0.6) is 0 Å². The molecule has 1 aliphatic rings. The largest absolute Gasteiger partial charge is 0.359 e. The molecule has 0 amide bonds. The fourth-order valence-electron chi connectivity index (χ4n) is 2.48. The molecular weight excluding hydrogens is 394 g/mol. The molecule has 2 rings (SSSR count). The average Bonchev–Trinajstić information content (AvgIpc) is 2.64. The third-order valence-corrected chi connectivity index (χ3v) is 5.31. The molecule has 0 aliphatic carbocycles. The van der Waals surface area contributed by atoms with Crippen LogP contribution in [0.25, 0.3) is 10.4 Å². The van der Waals surface area contributed by atoms with Crippen molar-refractivity contribution in [3.05, 3.63) is 46.3 Å². The first-order valence-corrected chi connectivity index (χ1v) is 11.3. The van der Waals surface area contributed by atoms with E-state index in [1.165, 1.54) is 11.8 Å². The van der Waals surface area contributed by atoms with Crippen LogP contribution in [0.4, 0.5) is 0 Å². The first kappa shape index (κ1) is 22.0. The molecule has 2 unspecified atom stereocenters. The van der Waals surface area contributed by atoms with Crippen molar-refractivity contribution < 1.29 is 26.8 Å². The number of nitrogens with zero attached hydrogens (tertiary/aromatic N) is 3. The van der Waals surface area contributed by atoms with Gasteiger partial charge in [0.05, 0.1) is 31.6 Å². The fourth-order valence-corrected chi connectivity index (χ4v) is 3.56. The maximum Gasteiger partial charge on any atom is 0.264 e. The molecule has 9 nitrogen and oxygen atoms in total. The Morgan fingerprint density at radius 1 is 1.41 bits per heavy atom. The van der Waals surface area contributed by atoms with Crippen molar-refractivity contribution in [2.45, 2.75) is 36.9 Å². The molecule has 1 fully saturated rings. The van der Waals surface area contributed by atoms with Gasteiger partial charge in [-0.15, -0.1) is 11.8 Å². The minimum Gasteiger partial charge on any atom is -0.359 e. The van der Waals surface area contributed by atoms with Gasteiger partial charge in [-0.25, -0.2) is 0 Å². The van der Waals surface area contributed by atoms with Crippen LogP contribution >= 0.6 is 11.8 Å². The van der Waals surface area contributed by atoms with Gasteiger partial charge in [0.15, 0.2) is 6.29 Å². The van der Waals surface area contributed by atoms with E-state index in [2.05, 4.69) is 10.0 Å². The number of benzene rings is 1. The van der Waals surface area contributed by atoms with Crippen molar-refractivity contribution in [3.63, 3.8) is 0 Å². The molecule has 150 valence electrons. The highest BCUT2D eigenvalue weighted by Gasteiger charge is 2.34. The zero-order valence-corrected chi connectivity index (χ0v) is 16.9. The third-order valence-electron chi connectivity index (χ3n) is 3.85. The van der Waals surface area contributed by atoms with E-state index in [0.717, 1.165) is 11.8 Å². The van der Waals surface area contributed by atoms with Gasteiger partial charge in [0, 0.05) is 10.5 Å². The molecule has 1 saturated heterocycles.